The highest BCUT2D eigenvalue weighted by Crippen LogP contribution is 2.49. The van der Waals surface area contributed by atoms with Gasteiger partial charge in [-0.05, 0) is 65.1 Å². The predicted octanol–water partition coefficient (Wildman–Crippen LogP) is 6.55. The van der Waals surface area contributed by atoms with Crippen molar-refractivity contribution < 1.29 is 0 Å². The number of fused-ring (bicyclic) bond motifs is 1. The van der Waals surface area contributed by atoms with Crippen molar-refractivity contribution >= 4 is 43.2 Å². The molecule has 2 aliphatic carbocycles. The molecule has 3 heteroatoms. The summed E-state index contributed by atoms with van der Waals surface area (Å²) < 4.78 is 1.26. The largest absolute Gasteiger partial charge is 0.132 e. The van der Waals surface area contributed by atoms with E-state index in [1.54, 1.807) is 0 Å². The van der Waals surface area contributed by atoms with Gasteiger partial charge in [0.25, 0.3) is 0 Å². The molecule has 1 aromatic heterocycles. The van der Waals surface area contributed by atoms with E-state index in [4.69, 9.17) is 0 Å². The number of hydrogen-bond donors (Lipinski definition) is 0. The van der Waals surface area contributed by atoms with Crippen molar-refractivity contribution in [3.8, 4) is 0 Å². The van der Waals surface area contributed by atoms with Gasteiger partial charge in [0.1, 0.15) is 0 Å². The van der Waals surface area contributed by atoms with E-state index in [0.29, 0.717) is 4.83 Å². The molecule has 0 amide bonds. The summed E-state index contributed by atoms with van der Waals surface area (Å²) in [4.78, 5) is 2.08. The van der Waals surface area contributed by atoms with E-state index in [9.17, 15) is 0 Å². The molecule has 0 saturated heterocycles. The van der Waals surface area contributed by atoms with Crippen LogP contribution in [0, 0.1) is 17.8 Å². The van der Waals surface area contributed by atoms with Crippen molar-refractivity contribution in [2.24, 2.45) is 17.8 Å². The molecular formula is C15H20Br2S. The lowest BCUT2D eigenvalue weighted by molar-refractivity contribution is 0.129. The topological polar surface area (TPSA) is 0 Å². The molecule has 0 nitrogen and oxygen atoms in total. The fourth-order valence-corrected chi connectivity index (χ4v) is 6.29. The molecule has 4 atom stereocenters. The van der Waals surface area contributed by atoms with Crippen molar-refractivity contribution in [3.63, 3.8) is 0 Å². The fourth-order valence-electron chi connectivity index (χ4n) is 3.88. The summed E-state index contributed by atoms with van der Waals surface area (Å²) in [5, 5.41) is 0. The minimum atomic E-state index is 0.580. The summed E-state index contributed by atoms with van der Waals surface area (Å²) in [6.45, 7) is 0. The van der Waals surface area contributed by atoms with Gasteiger partial charge in [-0.2, -0.15) is 0 Å². The third-order valence-electron chi connectivity index (χ3n) is 4.86. The first-order valence-electron chi connectivity index (χ1n) is 7.13. The summed E-state index contributed by atoms with van der Waals surface area (Å²) in [6, 6.07) is 4.46. The van der Waals surface area contributed by atoms with Crippen LogP contribution >= 0.6 is 43.2 Å². The van der Waals surface area contributed by atoms with Crippen LogP contribution in [0.4, 0.5) is 0 Å². The van der Waals surface area contributed by atoms with Crippen LogP contribution in [-0.2, 0) is 0 Å². The summed E-state index contributed by atoms with van der Waals surface area (Å²) in [5.74, 6) is 2.95. The summed E-state index contributed by atoms with van der Waals surface area (Å²) in [6.07, 6.45) is 10.3. The van der Waals surface area contributed by atoms with E-state index in [1.807, 2.05) is 11.3 Å². The maximum absolute atomic E-state index is 3.97. The molecule has 0 bridgehead atoms. The zero-order chi connectivity index (χ0) is 12.5. The third kappa shape index (κ3) is 2.88. The van der Waals surface area contributed by atoms with Crippen LogP contribution in [0.25, 0.3) is 0 Å². The maximum atomic E-state index is 3.97. The van der Waals surface area contributed by atoms with Crippen LogP contribution in [0.3, 0.4) is 0 Å². The molecule has 4 unspecified atom stereocenters. The molecule has 2 aliphatic rings. The second kappa shape index (κ2) is 5.97. The standard InChI is InChI=1S/C15H20Br2S/c16-14-8-7-13(18-14)15(17)12-6-5-10-3-1-2-4-11(10)9-12/h7-8,10-12,15H,1-6,9H2. The molecule has 0 aromatic carbocycles. The van der Waals surface area contributed by atoms with Crippen molar-refractivity contribution in [2.75, 3.05) is 0 Å². The predicted molar refractivity (Wildman–Crippen MR) is 86.5 cm³/mol. The second-order valence-corrected chi connectivity index (χ2v) is 9.40. The number of rotatable bonds is 2. The molecule has 0 aliphatic heterocycles. The van der Waals surface area contributed by atoms with E-state index >= 15 is 0 Å². The Morgan fingerprint density at radius 2 is 1.83 bits per heavy atom. The summed E-state index contributed by atoms with van der Waals surface area (Å²) in [7, 11) is 0. The van der Waals surface area contributed by atoms with E-state index in [-0.39, 0.29) is 0 Å². The molecule has 2 saturated carbocycles. The SMILES string of the molecule is Brc1ccc(C(Br)C2CCC3CCCCC3C2)s1. The summed E-state index contributed by atoms with van der Waals surface area (Å²) in [5.41, 5.74) is 0. The number of halogens is 2. The van der Waals surface area contributed by atoms with Gasteiger partial charge in [-0.3, -0.25) is 0 Å². The van der Waals surface area contributed by atoms with Crippen LogP contribution in [-0.4, -0.2) is 0 Å². The first-order chi connectivity index (χ1) is 8.74. The lowest BCUT2D eigenvalue weighted by Gasteiger charge is -2.40. The van der Waals surface area contributed by atoms with Crippen LogP contribution < -0.4 is 0 Å². The van der Waals surface area contributed by atoms with Crippen LogP contribution in [0.1, 0.15) is 54.7 Å². The van der Waals surface area contributed by atoms with Gasteiger partial charge in [0.15, 0.2) is 0 Å². The smallest absolute Gasteiger partial charge is 0.0701 e. The highest BCUT2D eigenvalue weighted by Gasteiger charge is 2.35. The van der Waals surface area contributed by atoms with Crippen molar-refractivity contribution in [3.05, 3.63) is 20.8 Å². The zero-order valence-electron chi connectivity index (χ0n) is 10.6. The van der Waals surface area contributed by atoms with Gasteiger partial charge in [-0.25, -0.2) is 0 Å². The maximum Gasteiger partial charge on any atom is 0.0701 e. The quantitative estimate of drug-likeness (QED) is 0.501. The Balaban J connectivity index is 1.66. The van der Waals surface area contributed by atoms with Crippen LogP contribution in [0.15, 0.2) is 15.9 Å². The number of hydrogen-bond acceptors (Lipinski definition) is 1. The molecular weight excluding hydrogens is 372 g/mol. The molecule has 3 rings (SSSR count). The van der Waals surface area contributed by atoms with Gasteiger partial charge in [0, 0.05) is 4.88 Å². The highest BCUT2D eigenvalue weighted by molar-refractivity contribution is 9.11. The van der Waals surface area contributed by atoms with Gasteiger partial charge >= 0.3 is 0 Å². The lowest BCUT2D eigenvalue weighted by atomic mass is 9.67. The zero-order valence-corrected chi connectivity index (χ0v) is 14.6. The Labute approximate surface area is 131 Å². The molecule has 2 fully saturated rings. The molecule has 100 valence electrons. The average molecular weight is 392 g/mol. The Morgan fingerprint density at radius 1 is 1.06 bits per heavy atom. The minimum Gasteiger partial charge on any atom is -0.132 e. The third-order valence-corrected chi connectivity index (χ3v) is 8.11. The number of thiophene rings is 1. The normalized spacial score (nSPS) is 34.0. The van der Waals surface area contributed by atoms with Gasteiger partial charge < -0.3 is 0 Å². The molecule has 0 N–H and O–H groups in total. The Morgan fingerprint density at radius 3 is 2.56 bits per heavy atom. The van der Waals surface area contributed by atoms with Gasteiger partial charge in [-0.15, -0.1) is 11.3 Å². The van der Waals surface area contributed by atoms with E-state index in [0.717, 1.165) is 17.8 Å². The summed E-state index contributed by atoms with van der Waals surface area (Å²) >= 11 is 9.43. The van der Waals surface area contributed by atoms with Crippen molar-refractivity contribution in [1.29, 1.82) is 0 Å². The monoisotopic (exact) mass is 390 g/mol. The van der Waals surface area contributed by atoms with Crippen molar-refractivity contribution in [2.45, 2.75) is 49.8 Å². The van der Waals surface area contributed by atoms with Gasteiger partial charge in [0.2, 0.25) is 0 Å². The second-order valence-electron chi connectivity index (χ2n) is 5.92. The molecule has 1 aromatic rings. The lowest BCUT2D eigenvalue weighted by Crippen LogP contribution is -2.29. The first-order valence-corrected chi connectivity index (χ1v) is 9.66. The highest BCUT2D eigenvalue weighted by atomic mass is 79.9. The van der Waals surface area contributed by atoms with Crippen molar-refractivity contribution in [1.82, 2.24) is 0 Å². The minimum absolute atomic E-state index is 0.580. The number of alkyl halides is 1. The van der Waals surface area contributed by atoms with E-state index < -0.39 is 0 Å². The van der Waals surface area contributed by atoms with Gasteiger partial charge in [-0.1, -0.05) is 41.6 Å². The average Bonchev–Trinajstić information content (AvgIpc) is 2.84. The van der Waals surface area contributed by atoms with Crippen LogP contribution in [0.2, 0.25) is 0 Å². The molecule has 0 spiro atoms. The Kier molecular flexibility index (Phi) is 4.52. The van der Waals surface area contributed by atoms with E-state index in [1.165, 1.54) is 53.6 Å². The van der Waals surface area contributed by atoms with Crippen LogP contribution in [0.5, 0.6) is 0 Å². The fraction of sp³-hybridized carbons (Fsp3) is 0.733. The Bertz CT molecular complexity index is 401. The van der Waals surface area contributed by atoms with E-state index in [2.05, 4.69) is 44.0 Å². The van der Waals surface area contributed by atoms with Gasteiger partial charge in [0.05, 0.1) is 8.61 Å². The first kappa shape index (κ1) is 13.6. The molecule has 1 heterocycles. The molecule has 18 heavy (non-hydrogen) atoms. The Hall–Kier alpha value is 0.660. The molecule has 0 radical (unpaired) electrons.